The fraction of sp³-hybridized carbons (Fsp3) is 0.167. The van der Waals surface area contributed by atoms with Crippen LogP contribution in [0, 0.1) is 6.92 Å². The largest absolute Gasteiger partial charge is 0.495 e. The molecular formula is C12H11NO4S2. The van der Waals surface area contributed by atoms with Gasteiger partial charge in [0.25, 0.3) is 5.91 Å². The van der Waals surface area contributed by atoms with Crippen molar-refractivity contribution < 1.29 is 19.4 Å². The fourth-order valence-corrected chi connectivity index (χ4v) is 3.21. The van der Waals surface area contributed by atoms with Crippen molar-refractivity contribution >= 4 is 39.6 Å². The second-order valence-electron chi connectivity index (χ2n) is 3.70. The maximum absolute atomic E-state index is 12.0. The fourth-order valence-electron chi connectivity index (χ4n) is 1.55. The number of ether oxygens (including phenoxy) is 1. The van der Waals surface area contributed by atoms with Crippen LogP contribution in [-0.2, 0) is 0 Å². The number of methoxy groups -OCH3 is 1. The van der Waals surface area contributed by atoms with E-state index in [9.17, 15) is 9.59 Å². The van der Waals surface area contributed by atoms with Crippen LogP contribution in [0.1, 0.15) is 24.9 Å². The van der Waals surface area contributed by atoms with Crippen LogP contribution >= 0.6 is 22.7 Å². The second-order valence-corrected chi connectivity index (χ2v) is 5.67. The lowest BCUT2D eigenvalue weighted by Gasteiger charge is -2.02. The van der Waals surface area contributed by atoms with Gasteiger partial charge in [-0.15, -0.1) is 22.7 Å². The van der Waals surface area contributed by atoms with Crippen LogP contribution < -0.4 is 10.1 Å². The summed E-state index contributed by atoms with van der Waals surface area (Å²) in [4.78, 5) is 23.6. The lowest BCUT2D eigenvalue weighted by atomic mass is 10.3. The van der Waals surface area contributed by atoms with Gasteiger partial charge in [0.2, 0.25) is 0 Å². The third-order valence-electron chi connectivity index (χ3n) is 2.40. The molecule has 0 saturated carbocycles. The highest BCUT2D eigenvalue weighted by Crippen LogP contribution is 2.29. The van der Waals surface area contributed by atoms with E-state index in [2.05, 4.69) is 5.32 Å². The number of hydrogen-bond donors (Lipinski definition) is 2. The molecule has 0 spiro atoms. The molecule has 100 valence electrons. The number of carboxylic acid groups (broad SMARTS) is 1. The maximum Gasteiger partial charge on any atom is 0.346 e. The van der Waals surface area contributed by atoms with E-state index < -0.39 is 5.97 Å². The Labute approximate surface area is 117 Å². The number of thiophene rings is 2. The number of anilines is 1. The van der Waals surface area contributed by atoms with Crippen LogP contribution in [0.4, 0.5) is 5.00 Å². The van der Waals surface area contributed by atoms with Crippen molar-refractivity contribution in [3.05, 3.63) is 32.8 Å². The Morgan fingerprint density at radius 1 is 1.37 bits per heavy atom. The lowest BCUT2D eigenvalue weighted by Crippen LogP contribution is -2.10. The Bertz CT molecular complexity index is 629. The van der Waals surface area contributed by atoms with E-state index in [4.69, 9.17) is 9.84 Å². The highest BCUT2D eigenvalue weighted by Gasteiger charge is 2.17. The molecule has 0 fully saturated rings. The SMILES string of the molecule is COc1ccsc1C(=O)Nc1cc(C)c(C(=O)O)s1. The van der Waals surface area contributed by atoms with Crippen molar-refractivity contribution in [2.75, 3.05) is 12.4 Å². The first-order valence-corrected chi connectivity index (χ1v) is 6.99. The number of carbonyl (C=O) groups excluding carboxylic acids is 1. The monoisotopic (exact) mass is 297 g/mol. The van der Waals surface area contributed by atoms with Crippen molar-refractivity contribution in [1.82, 2.24) is 0 Å². The van der Waals surface area contributed by atoms with E-state index in [-0.39, 0.29) is 10.8 Å². The van der Waals surface area contributed by atoms with Crippen LogP contribution in [0.25, 0.3) is 0 Å². The van der Waals surface area contributed by atoms with Gasteiger partial charge in [0.05, 0.1) is 12.1 Å². The molecule has 0 radical (unpaired) electrons. The van der Waals surface area contributed by atoms with E-state index >= 15 is 0 Å². The molecule has 7 heteroatoms. The average Bonchev–Trinajstić information content (AvgIpc) is 2.95. The molecule has 0 aliphatic carbocycles. The first-order chi connectivity index (χ1) is 9.02. The van der Waals surface area contributed by atoms with Crippen LogP contribution in [-0.4, -0.2) is 24.1 Å². The molecule has 0 atom stereocenters. The molecule has 0 bridgehead atoms. The average molecular weight is 297 g/mol. The highest BCUT2D eigenvalue weighted by molar-refractivity contribution is 7.18. The Kier molecular flexibility index (Phi) is 3.87. The molecule has 5 nitrogen and oxygen atoms in total. The standard InChI is InChI=1S/C12H11NO4S2/c1-6-5-8(19-9(6)12(15)16)13-11(14)10-7(17-2)3-4-18-10/h3-5H,1-2H3,(H,13,14)(H,15,16). The Morgan fingerprint density at radius 3 is 2.68 bits per heavy atom. The zero-order valence-corrected chi connectivity index (χ0v) is 11.9. The summed E-state index contributed by atoms with van der Waals surface area (Å²) < 4.78 is 5.07. The Morgan fingerprint density at radius 2 is 2.11 bits per heavy atom. The number of amides is 1. The van der Waals surface area contributed by atoms with Gasteiger partial charge in [0.15, 0.2) is 0 Å². The van der Waals surface area contributed by atoms with Gasteiger partial charge in [-0.25, -0.2) is 4.79 Å². The minimum Gasteiger partial charge on any atom is -0.495 e. The third kappa shape index (κ3) is 2.77. The van der Waals surface area contributed by atoms with Crippen LogP contribution in [0.15, 0.2) is 17.5 Å². The normalized spacial score (nSPS) is 10.2. The van der Waals surface area contributed by atoms with Gasteiger partial charge >= 0.3 is 5.97 Å². The van der Waals surface area contributed by atoms with Crippen LogP contribution in [0.5, 0.6) is 5.75 Å². The summed E-state index contributed by atoms with van der Waals surface area (Å²) in [5.74, 6) is -0.782. The van der Waals surface area contributed by atoms with Crippen molar-refractivity contribution in [3.63, 3.8) is 0 Å². The van der Waals surface area contributed by atoms with E-state index in [0.29, 0.717) is 21.2 Å². The summed E-state index contributed by atoms with van der Waals surface area (Å²) in [6.45, 7) is 1.70. The Hall–Kier alpha value is -1.86. The van der Waals surface area contributed by atoms with Gasteiger partial charge in [-0.2, -0.15) is 0 Å². The van der Waals surface area contributed by atoms with Crippen molar-refractivity contribution in [2.45, 2.75) is 6.92 Å². The third-order valence-corrected chi connectivity index (χ3v) is 4.44. The highest BCUT2D eigenvalue weighted by atomic mass is 32.1. The van der Waals surface area contributed by atoms with Gasteiger partial charge in [-0.1, -0.05) is 0 Å². The van der Waals surface area contributed by atoms with Gasteiger partial charge < -0.3 is 15.2 Å². The van der Waals surface area contributed by atoms with Crippen LogP contribution in [0.3, 0.4) is 0 Å². The van der Waals surface area contributed by atoms with E-state index in [1.807, 2.05) is 0 Å². The topological polar surface area (TPSA) is 75.6 Å². The van der Waals surface area contributed by atoms with Gasteiger partial charge in [0.1, 0.15) is 15.5 Å². The van der Waals surface area contributed by atoms with E-state index in [1.165, 1.54) is 18.4 Å². The lowest BCUT2D eigenvalue weighted by molar-refractivity contribution is 0.0701. The molecule has 2 aromatic rings. The van der Waals surface area contributed by atoms with Gasteiger partial charge in [0, 0.05) is 0 Å². The number of hydrogen-bond acceptors (Lipinski definition) is 5. The minimum absolute atomic E-state index is 0.230. The molecule has 2 N–H and O–H groups in total. The first kappa shape index (κ1) is 13.6. The summed E-state index contributed by atoms with van der Waals surface area (Å²) in [5.41, 5.74) is 0.631. The molecule has 2 rings (SSSR count). The summed E-state index contributed by atoms with van der Waals surface area (Å²) in [6.07, 6.45) is 0. The number of rotatable bonds is 4. The quantitative estimate of drug-likeness (QED) is 0.909. The smallest absolute Gasteiger partial charge is 0.346 e. The molecule has 2 heterocycles. The number of carbonyl (C=O) groups is 2. The number of aromatic carboxylic acids is 1. The predicted molar refractivity (Wildman–Crippen MR) is 74.8 cm³/mol. The zero-order valence-electron chi connectivity index (χ0n) is 10.2. The molecule has 0 aliphatic heterocycles. The van der Waals surface area contributed by atoms with E-state index in [0.717, 1.165) is 11.3 Å². The first-order valence-electron chi connectivity index (χ1n) is 5.29. The van der Waals surface area contributed by atoms with Crippen molar-refractivity contribution in [2.24, 2.45) is 0 Å². The van der Waals surface area contributed by atoms with Gasteiger partial charge in [-0.3, -0.25) is 4.79 Å². The molecule has 0 aliphatic rings. The molecule has 2 aromatic heterocycles. The number of nitrogens with one attached hydrogen (secondary N) is 1. The van der Waals surface area contributed by atoms with Gasteiger partial charge in [-0.05, 0) is 30.0 Å². The molecule has 19 heavy (non-hydrogen) atoms. The maximum atomic E-state index is 12.0. The summed E-state index contributed by atoms with van der Waals surface area (Å²) in [5, 5.41) is 13.9. The predicted octanol–water partition coefficient (Wildman–Crippen LogP) is 3.08. The number of aryl methyl sites for hydroxylation is 1. The summed E-state index contributed by atoms with van der Waals surface area (Å²) >= 11 is 2.31. The minimum atomic E-state index is -0.989. The number of carboxylic acids is 1. The Balaban J connectivity index is 2.20. The molecule has 0 unspecified atom stereocenters. The van der Waals surface area contributed by atoms with Crippen molar-refractivity contribution in [1.29, 1.82) is 0 Å². The van der Waals surface area contributed by atoms with Crippen LogP contribution in [0.2, 0.25) is 0 Å². The molecule has 1 amide bonds. The molecular weight excluding hydrogens is 286 g/mol. The zero-order chi connectivity index (χ0) is 14.0. The summed E-state index contributed by atoms with van der Waals surface area (Å²) in [6, 6.07) is 3.36. The van der Waals surface area contributed by atoms with E-state index in [1.54, 1.807) is 24.4 Å². The second kappa shape index (κ2) is 5.41. The molecule has 0 saturated heterocycles. The summed E-state index contributed by atoms with van der Waals surface area (Å²) in [7, 11) is 1.50. The molecule has 0 aromatic carbocycles. The van der Waals surface area contributed by atoms with Crippen molar-refractivity contribution in [3.8, 4) is 5.75 Å².